The van der Waals surface area contributed by atoms with Gasteiger partial charge in [-0.3, -0.25) is 4.79 Å². The summed E-state index contributed by atoms with van der Waals surface area (Å²) in [5, 5.41) is 3.91. The third kappa shape index (κ3) is 1.98. The molecule has 0 atom stereocenters. The highest BCUT2D eigenvalue weighted by Crippen LogP contribution is 2.20. The van der Waals surface area contributed by atoms with E-state index >= 15 is 0 Å². The number of aromatic nitrogens is 2. The predicted octanol–water partition coefficient (Wildman–Crippen LogP) is 2.14. The van der Waals surface area contributed by atoms with Gasteiger partial charge in [0.15, 0.2) is 5.76 Å². The molecule has 0 amide bonds. The molecule has 0 saturated heterocycles. The molecule has 0 aliphatic heterocycles. The van der Waals surface area contributed by atoms with Gasteiger partial charge >= 0.3 is 0 Å². The molecule has 0 saturated carbocycles. The maximum Gasteiger partial charge on any atom is 0.250 e. The van der Waals surface area contributed by atoms with Gasteiger partial charge in [0.1, 0.15) is 5.69 Å². The number of hydrogen-bond donors (Lipinski definition) is 0. The van der Waals surface area contributed by atoms with E-state index < -0.39 is 0 Å². The van der Waals surface area contributed by atoms with Crippen molar-refractivity contribution in [3.05, 3.63) is 64.9 Å². The molecule has 5 heteroatoms. The van der Waals surface area contributed by atoms with E-state index in [0.717, 1.165) is 0 Å². The van der Waals surface area contributed by atoms with E-state index in [1.165, 1.54) is 6.07 Å². The zero-order chi connectivity index (χ0) is 12.4. The maximum atomic E-state index is 11.5. The molecule has 18 heavy (non-hydrogen) atoms. The lowest BCUT2D eigenvalue weighted by atomic mass is 10.3. The molecule has 0 aliphatic rings. The smallest absolute Gasteiger partial charge is 0.250 e. The summed E-state index contributed by atoms with van der Waals surface area (Å²) >= 11 is 0. The quantitative estimate of drug-likeness (QED) is 0.706. The van der Waals surface area contributed by atoms with Gasteiger partial charge in [0.25, 0.3) is 5.56 Å². The number of pyridine rings is 1. The largest absolute Gasteiger partial charge is 0.461 e. The Bertz CT molecular complexity index is 695. The molecular weight excluding hydrogens is 232 g/mol. The van der Waals surface area contributed by atoms with Crippen LogP contribution >= 0.6 is 0 Å². The topological polar surface area (TPSA) is 61.2 Å². The number of hydrogen-bond acceptors (Lipinski definition) is 4. The zero-order valence-electron chi connectivity index (χ0n) is 9.45. The minimum absolute atomic E-state index is 0.0694. The Morgan fingerprint density at radius 2 is 2.11 bits per heavy atom. The van der Waals surface area contributed by atoms with E-state index in [9.17, 15) is 4.79 Å². The minimum Gasteiger partial charge on any atom is -0.461 e. The van der Waals surface area contributed by atoms with Gasteiger partial charge in [0.2, 0.25) is 5.76 Å². The van der Waals surface area contributed by atoms with Gasteiger partial charge in [-0.1, -0.05) is 11.2 Å². The Hall–Kier alpha value is -2.56. The van der Waals surface area contributed by atoms with Crippen molar-refractivity contribution in [2.45, 2.75) is 6.54 Å². The van der Waals surface area contributed by atoms with Crippen molar-refractivity contribution in [3.8, 4) is 11.5 Å². The van der Waals surface area contributed by atoms with Crippen LogP contribution in [0.25, 0.3) is 11.5 Å². The Labute approximate surface area is 102 Å². The second-order valence-electron chi connectivity index (χ2n) is 3.83. The van der Waals surface area contributed by atoms with Crippen LogP contribution in [0.5, 0.6) is 0 Å². The first kappa shape index (κ1) is 10.6. The summed E-state index contributed by atoms with van der Waals surface area (Å²) in [5.41, 5.74) is 0.606. The standard InChI is InChI=1S/C13H10N2O3/c16-13-5-1-2-6-15(13)9-10-8-12(18-14-10)11-4-3-7-17-11/h1-8H,9H2. The van der Waals surface area contributed by atoms with Crippen LogP contribution in [0.4, 0.5) is 0 Å². The van der Waals surface area contributed by atoms with Crippen molar-refractivity contribution in [2.75, 3.05) is 0 Å². The second-order valence-corrected chi connectivity index (χ2v) is 3.83. The summed E-state index contributed by atoms with van der Waals surface area (Å²) in [6, 6.07) is 10.3. The monoisotopic (exact) mass is 242 g/mol. The van der Waals surface area contributed by atoms with Gasteiger partial charge in [-0.05, 0) is 18.2 Å². The van der Waals surface area contributed by atoms with E-state index in [2.05, 4.69) is 5.16 Å². The number of furan rings is 1. The van der Waals surface area contributed by atoms with E-state index in [0.29, 0.717) is 23.8 Å². The Morgan fingerprint density at radius 3 is 2.89 bits per heavy atom. The van der Waals surface area contributed by atoms with Gasteiger partial charge < -0.3 is 13.5 Å². The van der Waals surface area contributed by atoms with Gasteiger partial charge in [0.05, 0.1) is 12.8 Å². The summed E-state index contributed by atoms with van der Waals surface area (Å²) in [6.45, 7) is 0.379. The van der Waals surface area contributed by atoms with Crippen LogP contribution in [-0.4, -0.2) is 9.72 Å². The molecule has 0 unspecified atom stereocenters. The fourth-order valence-corrected chi connectivity index (χ4v) is 1.69. The molecule has 3 rings (SSSR count). The Kier molecular flexibility index (Phi) is 2.57. The van der Waals surface area contributed by atoms with E-state index in [4.69, 9.17) is 8.94 Å². The van der Waals surface area contributed by atoms with E-state index in [-0.39, 0.29) is 5.56 Å². The second kappa shape index (κ2) is 4.37. The molecule has 0 aromatic carbocycles. The summed E-state index contributed by atoms with van der Waals surface area (Å²) in [4.78, 5) is 11.5. The molecule has 0 spiro atoms. The van der Waals surface area contributed by atoms with E-state index in [1.807, 2.05) is 0 Å². The average molecular weight is 242 g/mol. The van der Waals surface area contributed by atoms with Crippen molar-refractivity contribution in [3.63, 3.8) is 0 Å². The van der Waals surface area contributed by atoms with Crippen LogP contribution in [0.15, 0.2) is 62.6 Å². The van der Waals surface area contributed by atoms with Crippen molar-refractivity contribution < 1.29 is 8.94 Å². The molecule has 0 fully saturated rings. The summed E-state index contributed by atoms with van der Waals surface area (Å²) in [6.07, 6.45) is 3.28. The molecule has 3 heterocycles. The summed E-state index contributed by atoms with van der Waals surface area (Å²) < 4.78 is 11.9. The van der Waals surface area contributed by atoms with Gasteiger partial charge in [-0.25, -0.2) is 0 Å². The fourth-order valence-electron chi connectivity index (χ4n) is 1.69. The first-order valence-electron chi connectivity index (χ1n) is 5.48. The molecule has 90 valence electrons. The first-order valence-corrected chi connectivity index (χ1v) is 5.48. The normalized spacial score (nSPS) is 10.7. The fraction of sp³-hybridized carbons (Fsp3) is 0.0769. The SMILES string of the molecule is O=c1ccccn1Cc1cc(-c2ccco2)on1. The van der Waals surface area contributed by atoms with Crippen LogP contribution in [0, 0.1) is 0 Å². The first-order chi connectivity index (χ1) is 8.83. The molecule has 0 bridgehead atoms. The molecule has 0 aliphatic carbocycles. The molecule has 3 aromatic heterocycles. The van der Waals surface area contributed by atoms with Crippen molar-refractivity contribution in [1.82, 2.24) is 9.72 Å². The molecular formula is C13H10N2O3. The lowest BCUT2D eigenvalue weighted by Crippen LogP contribution is -2.18. The van der Waals surface area contributed by atoms with Crippen molar-refractivity contribution in [1.29, 1.82) is 0 Å². The van der Waals surface area contributed by atoms with Crippen molar-refractivity contribution in [2.24, 2.45) is 0 Å². The van der Waals surface area contributed by atoms with Gasteiger partial charge in [-0.15, -0.1) is 0 Å². The summed E-state index contributed by atoms with van der Waals surface area (Å²) in [7, 11) is 0. The average Bonchev–Trinajstić information content (AvgIpc) is 3.02. The third-order valence-electron chi connectivity index (χ3n) is 2.55. The van der Waals surface area contributed by atoms with Gasteiger partial charge in [0, 0.05) is 18.3 Å². The van der Waals surface area contributed by atoms with Crippen LogP contribution in [0.1, 0.15) is 5.69 Å². The Balaban J connectivity index is 1.87. The highest BCUT2D eigenvalue weighted by atomic mass is 16.5. The molecule has 0 radical (unpaired) electrons. The zero-order valence-corrected chi connectivity index (χ0v) is 9.45. The molecule has 0 N–H and O–H groups in total. The highest BCUT2D eigenvalue weighted by molar-refractivity contribution is 5.49. The summed E-state index contributed by atoms with van der Waals surface area (Å²) in [5.74, 6) is 1.17. The Morgan fingerprint density at radius 1 is 1.17 bits per heavy atom. The lowest BCUT2D eigenvalue weighted by molar-refractivity contribution is 0.408. The number of rotatable bonds is 3. The molecule has 5 nitrogen and oxygen atoms in total. The van der Waals surface area contributed by atoms with Crippen LogP contribution in [-0.2, 0) is 6.54 Å². The van der Waals surface area contributed by atoms with Crippen LogP contribution in [0.3, 0.4) is 0 Å². The lowest BCUT2D eigenvalue weighted by Gasteiger charge is -1.99. The maximum absolute atomic E-state index is 11.5. The van der Waals surface area contributed by atoms with Crippen LogP contribution < -0.4 is 5.56 Å². The number of nitrogens with zero attached hydrogens (tertiary/aromatic N) is 2. The minimum atomic E-state index is -0.0694. The van der Waals surface area contributed by atoms with Crippen LogP contribution in [0.2, 0.25) is 0 Å². The predicted molar refractivity (Wildman–Crippen MR) is 64.0 cm³/mol. The third-order valence-corrected chi connectivity index (χ3v) is 2.55. The highest BCUT2D eigenvalue weighted by Gasteiger charge is 2.09. The molecule has 3 aromatic rings. The van der Waals surface area contributed by atoms with Crippen molar-refractivity contribution >= 4 is 0 Å². The van der Waals surface area contributed by atoms with Gasteiger partial charge in [-0.2, -0.15) is 0 Å². The van der Waals surface area contributed by atoms with E-state index in [1.54, 1.807) is 47.4 Å².